The lowest BCUT2D eigenvalue weighted by atomic mass is 10.2. The third-order valence-electron chi connectivity index (χ3n) is 2.82. The lowest BCUT2D eigenvalue weighted by Gasteiger charge is -2.09. The molecule has 110 valence electrons. The highest BCUT2D eigenvalue weighted by Gasteiger charge is 2.32. The van der Waals surface area contributed by atoms with Crippen molar-refractivity contribution in [2.24, 2.45) is 16.8 Å². The van der Waals surface area contributed by atoms with E-state index >= 15 is 0 Å². The zero-order valence-corrected chi connectivity index (χ0v) is 11.2. The molecule has 0 radical (unpaired) electrons. The van der Waals surface area contributed by atoms with Gasteiger partial charge in [-0.1, -0.05) is 16.8 Å². The summed E-state index contributed by atoms with van der Waals surface area (Å²) >= 11 is 5.81. The molecule has 0 aliphatic heterocycles. The van der Waals surface area contributed by atoms with Crippen LogP contribution in [-0.4, -0.2) is 23.8 Å². The SMILES string of the molecule is NC/C(=N/OCC1CC1)c1ncc(C(F)(F)F)cc1Cl. The maximum atomic E-state index is 12.5. The van der Waals surface area contributed by atoms with Gasteiger partial charge < -0.3 is 10.6 Å². The molecule has 0 aromatic carbocycles. The van der Waals surface area contributed by atoms with Gasteiger partial charge in [0, 0.05) is 12.7 Å². The first-order valence-corrected chi connectivity index (χ1v) is 6.41. The number of nitrogens with two attached hydrogens (primary N) is 1. The fraction of sp³-hybridized carbons (Fsp3) is 0.500. The summed E-state index contributed by atoms with van der Waals surface area (Å²) in [5, 5.41) is 3.66. The molecular formula is C12H13ClF3N3O. The monoisotopic (exact) mass is 307 g/mol. The van der Waals surface area contributed by atoms with Crippen LogP contribution in [0.3, 0.4) is 0 Å². The Morgan fingerprint density at radius 2 is 2.20 bits per heavy atom. The predicted molar refractivity (Wildman–Crippen MR) is 68.5 cm³/mol. The maximum absolute atomic E-state index is 12.5. The molecule has 1 aromatic rings. The summed E-state index contributed by atoms with van der Waals surface area (Å²) in [7, 11) is 0. The van der Waals surface area contributed by atoms with Crippen molar-refractivity contribution in [2.45, 2.75) is 19.0 Å². The van der Waals surface area contributed by atoms with E-state index in [-0.39, 0.29) is 23.0 Å². The Morgan fingerprint density at radius 1 is 1.50 bits per heavy atom. The van der Waals surface area contributed by atoms with E-state index in [0.29, 0.717) is 18.7 Å². The first-order valence-electron chi connectivity index (χ1n) is 6.04. The second-order valence-corrected chi connectivity index (χ2v) is 4.94. The Bertz CT molecular complexity index is 515. The van der Waals surface area contributed by atoms with Crippen LogP contribution in [0, 0.1) is 5.92 Å². The molecule has 0 unspecified atom stereocenters. The molecule has 0 amide bonds. The third-order valence-corrected chi connectivity index (χ3v) is 3.11. The van der Waals surface area contributed by atoms with Crippen molar-refractivity contribution in [1.29, 1.82) is 0 Å². The second kappa shape index (κ2) is 5.97. The Labute approximate surface area is 118 Å². The lowest BCUT2D eigenvalue weighted by Crippen LogP contribution is -2.18. The Hall–Kier alpha value is -1.34. The normalized spacial score (nSPS) is 16.4. The molecule has 0 saturated heterocycles. The molecule has 4 nitrogen and oxygen atoms in total. The van der Waals surface area contributed by atoms with Crippen LogP contribution >= 0.6 is 11.6 Å². The Kier molecular flexibility index (Phi) is 4.49. The van der Waals surface area contributed by atoms with Gasteiger partial charge in [0.05, 0.1) is 10.6 Å². The van der Waals surface area contributed by atoms with Crippen LogP contribution in [0.2, 0.25) is 5.02 Å². The molecule has 1 aliphatic carbocycles. The van der Waals surface area contributed by atoms with Gasteiger partial charge >= 0.3 is 6.18 Å². The lowest BCUT2D eigenvalue weighted by molar-refractivity contribution is -0.137. The molecule has 0 spiro atoms. The third kappa shape index (κ3) is 3.83. The van der Waals surface area contributed by atoms with Crippen molar-refractivity contribution in [2.75, 3.05) is 13.2 Å². The van der Waals surface area contributed by atoms with E-state index in [1.165, 1.54) is 0 Å². The van der Waals surface area contributed by atoms with E-state index in [4.69, 9.17) is 22.2 Å². The van der Waals surface area contributed by atoms with Gasteiger partial charge in [0.15, 0.2) is 0 Å². The maximum Gasteiger partial charge on any atom is 0.417 e. The molecule has 2 N–H and O–H groups in total. The van der Waals surface area contributed by atoms with Crippen molar-refractivity contribution < 1.29 is 18.0 Å². The van der Waals surface area contributed by atoms with E-state index < -0.39 is 11.7 Å². The minimum atomic E-state index is -4.49. The molecule has 1 aliphatic rings. The number of aromatic nitrogens is 1. The van der Waals surface area contributed by atoms with Crippen molar-refractivity contribution in [3.05, 3.63) is 28.5 Å². The van der Waals surface area contributed by atoms with Gasteiger partial charge in [0.25, 0.3) is 0 Å². The van der Waals surface area contributed by atoms with E-state index in [1.807, 2.05) is 0 Å². The first-order chi connectivity index (χ1) is 9.41. The molecule has 8 heteroatoms. The van der Waals surface area contributed by atoms with Crippen LogP contribution in [0.5, 0.6) is 0 Å². The van der Waals surface area contributed by atoms with Crippen molar-refractivity contribution in [3.8, 4) is 0 Å². The Morgan fingerprint density at radius 3 is 2.70 bits per heavy atom. The minimum absolute atomic E-state index is 0.0250. The number of alkyl halides is 3. The van der Waals surface area contributed by atoms with E-state index in [0.717, 1.165) is 18.9 Å². The summed E-state index contributed by atoms with van der Waals surface area (Å²) < 4.78 is 37.5. The summed E-state index contributed by atoms with van der Waals surface area (Å²) in [5.74, 6) is 0.508. The summed E-state index contributed by atoms with van der Waals surface area (Å²) in [6, 6.07) is 0.802. The fourth-order valence-corrected chi connectivity index (χ4v) is 1.76. The number of halogens is 4. The second-order valence-electron chi connectivity index (χ2n) is 4.53. The van der Waals surface area contributed by atoms with Gasteiger partial charge in [0.2, 0.25) is 0 Å². The van der Waals surface area contributed by atoms with Crippen LogP contribution in [0.1, 0.15) is 24.1 Å². The molecular weight excluding hydrogens is 295 g/mol. The molecule has 1 fully saturated rings. The van der Waals surface area contributed by atoms with Crippen molar-refractivity contribution in [1.82, 2.24) is 4.98 Å². The largest absolute Gasteiger partial charge is 0.417 e. The number of pyridine rings is 1. The minimum Gasteiger partial charge on any atom is -0.395 e. The van der Waals surface area contributed by atoms with Gasteiger partial charge in [-0.25, -0.2) is 0 Å². The quantitative estimate of drug-likeness (QED) is 0.672. The Balaban J connectivity index is 2.16. The zero-order valence-electron chi connectivity index (χ0n) is 10.5. The highest BCUT2D eigenvalue weighted by Crippen LogP contribution is 2.31. The summed E-state index contributed by atoms with van der Waals surface area (Å²) in [6.07, 6.45) is -1.58. The molecule has 1 heterocycles. The van der Waals surface area contributed by atoms with Crippen LogP contribution < -0.4 is 5.73 Å². The van der Waals surface area contributed by atoms with E-state index in [2.05, 4.69) is 10.1 Å². The van der Waals surface area contributed by atoms with Gasteiger partial charge in [-0.15, -0.1) is 0 Å². The highest BCUT2D eigenvalue weighted by molar-refractivity contribution is 6.34. The number of oxime groups is 1. The van der Waals surface area contributed by atoms with Gasteiger partial charge in [0.1, 0.15) is 18.0 Å². The number of nitrogens with zero attached hydrogens (tertiary/aromatic N) is 2. The van der Waals surface area contributed by atoms with Crippen molar-refractivity contribution >= 4 is 17.3 Å². The molecule has 20 heavy (non-hydrogen) atoms. The van der Waals surface area contributed by atoms with Gasteiger partial charge in [-0.3, -0.25) is 4.98 Å². The summed E-state index contributed by atoms with van der Waals surface area (Å²) in [4.78, 5) is 8.79. The first kappa shape index (κ1) is 15.1. The highest BCUT2D eigenvalue weighted by atomic mass is 35.5. The smallest absolute Gasteiger partial charge is 0.395 e. The molecule has 1 saturated carbocycles. The topological polar surface area (TPSA) is 60.5 Å². The standard InChI is InChI=1S/C12H13ClF3N3O/c13-9-3-8(12(14,15)16)5-18-11(9)10(4-17)19-20-6-7-1-2-7/h3,5,7H,1-2,4,6,17H2/b19-10-. The van der Waals surface area contributed by atoms with Crippen LogP contribution in [0.25, 0.3) is 0 Å². The summed E-state index contributed by atoms with van der Waals surface area (Å²) in [5.41, 5.74) is 4.92. The van der Waals surface area contributed by atoms with E-state index in [1.54, 1.807) is 0 Å². The van der Waals surface area contributed by atoms with Gasteiger partial charge in [-0.2, -0.15) is 13.2 Å². The fourth-order valence-electron chi connectivity index (χ4n) is 1.49. The van der Waals surface area contributed by atoms with Crippen LogP contribution in [-0.2, 0) is 11.0 Å². The number of rotatable bonds is 5. The zero-order chi connectivity index (χ0) is 14.8. The predicted octanol–water partition coefficient (Wildman–Crippen LogP) is 2.84. The molecule has 0 bridgehead atoms. The number of hydrogen-bond donors (Lipinski definition) is 1. The van der Waals surface area contributed by atoms with Crippen LogP contribution in [0.15, 0.2) is 17.4 Å². The molecule has 2 rings (SSSR count). The van der Waals surface area contributed by atoms with Gasteiger partial charge in [-0.05, 0) is 24.8 Å². The molecule has 1 aromatic heterocycles. The average Bonchev–Trinajstić information content (AvgIpc) is 3.18. The van der Waals surface area contributed by atoms with Crippen LogP contribution in [0.4, 0.5) is 13.2 Å². The summed E-state index contributed by atoms with van der Waals surface area (Å²) in [6.45, 7) is 0.449. The molecule has 0 atom stereocenters. The van der Waals surface area contributed by atoms with Crippen molar-refractivity contribution in [3.63, 3.8) is 0 Å². The van der Waals surface area contributed by atoms with E-state index in [9.17, 15) is 13.2 Å². The number of hydrogen-bond acceptors (Lipinski definition) is 4. The average molecular weight is 308 g/mol.